The molecule has 2 heterocycles. The Morgan fingerprint density at radius 2 is 1.66 bits per heavy atom. The second kappa shape index (κ2) is 8.63. The lowest BCUT2D eigenvalue weighted by atomic mass is 10.1. The van der Waals surface area contributed by atoms with Crippen LogP contribution in [0.2, 0.25) is 0 Å². The summed E-state index contributed by atoms with van der Waals surface area (Å²) in [5.41, 5.74) is 4.23. The van der Waals surface area contributed by atoms with Gasteiger partial charge in [0.1, 0.15) is 11.5 Å². The normalized spacial score (nSPS) is 14.1. The third-order valence-corrected chi connectivity index (χ3v) is 6.97. The molecule has 0 saturated carbocycles. The molecule has 5 nitrogen and oxygen atoms in total. The summed E-state index contributed by atoms with van der Waals surface area (Å²) in [6, 6.07) is 21.4. The van der Waals surface area contributed by atoms with Crippen LogP contribution in [0.5, 0.6) is 11.5 Å². The van der Waals surface area contributed by atoms with Crippen molar-refractivity contribution in [1.82, 2.24) is 9.88 Å². The van der Waals surface area contributed by atoms with Crippen LogP contribution in [0.25, 0.3) is 10.2 Å². The Hall–Kier alpha value is -3.38. The second-order valence-corrected chi connectivity index (χ2v) is 9.13. The zero-order chi connectivity index (χ0) is 22.1. The molecule has 0 atom stereocenters. The summed E-state index contributed by atoms with van der Waals surface area (Å²) >= 11 is 1.74. The van der Waals surface area contributed by atoms with E-state index in [9.17, 15) is 4.79 Å². The van der Waals surface area contributed by atoms with Crippen LogP contribution in [0.15, 0.2) is 66.7 Å². The molecule has 1 aliphatic heterocycles. The molecule has 1 saturated heterocycles. The highest BCUT2D eigenvalue weighted by molar-refractivity contribution is 7.22. The number of rotatable bonds is 4. The molecule has 0 unspecified atom stereocenters. The highest BCUT2D eigenvalue weighted by Crippen LogP contribution is 2.32. The molecule has 0 spiro atoms. The molecule has 0 bridgehead atoms. The third-order valence-electron chi connectivity index (χ3n) is 5.71. The molecule has 5 rings (SSSR count). The van der Waals surface area contributed by atoms with Gasteiger partial charge in [-0.2, -0.15) is 0 Å². The van der Waals surface area contributed by atoms with Crippen molar-refractivity contribution in [3.8, 4) is 11.5 Å². The van der Waals surface area contributed by atoms with Crippen LogP contribution in [0.1, 0.15) is 21.5 Å². The topological polar surface area (TPSA) is 45.7 Å². The minimum absolute atomic E-state index is 0.0407. The van der Waals surface area contributed by atoms with Gasteiger partial charge in [-0.1, -0.05) is 41.7 Å². The molecule has 1 aromatic heterocycles. The highest BCUT2D eigenvalue weighted by Gasteiger charge is 2.24. The van der Waals surface area contributed by atoms with Gasteiger partial charge in [0.15, 0.2) is 5.13 Å². The molecule has 32 heavy (non-hydrogen) atoms. The van der Waals surface area contributed by atoms with E-state index >= 15 is 0 Å². The van der Waals surface area contributed by atoms with Gasteiger partial charge in [-0.25, -0.2) is 4.98 Å². The quantitative estimate of drug-likeness (QED) is 0.408. The summed E-state index contributed by atoms with van der Waals surface area (Å²) in [6.45, 7) is 7.17. The molecular weight excluding hydrogens is 418 g/mol. The van der Waals surface area contributed by atoms with Gasteiger partial charge in [-0.15, -0.1) is 0 Å². The summed E-state index contributed by atoms with van der Waals surface area (Å²) in [7, 11) is 0. The lowest BCUT2D eigenvalue weighted by Crippen LogP contribution is -2.48. The number of thiazole rings is 1. The number of fused-ring (bicyclic) bond motifs is 1. The fourth-order valence-electron chi connectivity index (χ4n) is 4.10. The largest absolute Gasteiger partial charge is 0.457 e. The Bertz CT molecular complexity index is 1260. The fourth-order valence-corrected chi connectivity index (χ4v) is 5.17. The number of hydrogen-bond donors (Lipinski definition) is 0. The number of nitrogens with zero attached hydrogens (tertiary/aromatic N) is 3. The monoisotopic (exact) mass is 443 g/mol. The minimum atomic E-state index is 0.0407. The molecule has 3 aromatic carbocycles. The molecule has 0 N–H and O–H groups in total. The Kier molecular flexibility index (Phi) is 5.53. The molecule has 6 heteroatoms. The summed E-state index contributed by atoms with van der Waals surface area (Å²) in [4.78, 5) is 22.2. The van der Waals surface area contributed by atoms with E-state index in [1.165, 1.54) is 15.8 Å². The van der Waals surface area contributed by atoms with E-state index in [2.05, 4.69) is 30.9 Å². The molecule has 1 amide bonds. The third kappa shape index (κ3) is 4.18. The maximum Gasteiger partial charge on any atom is 0.254 e. The Labute approximate surface area is 191 Å². The predicted molar refractivity (Wildman–Crippen MR) is 130 cm³/mol. The lowest BCUT2D eigenvalue weighted by Gasteiger charge is -2.34. The van der Waals surface area contributed by atoms with E-state index in [-0.39, 0.29) is 5.91 Å². The Morgan fingerprint density at radius 3 is 2.44 bits per heavy atom. The number of anilines is 1. The van der Waals surface area contributed by atoms with Gasteiger partial charge in [-0.05, 0) is 61.4 Å². The molecular formula is C26H25N3O2S. The van der Waals surface area contributed by atoms with Crippen LogP contribution < -0.4 is 9.64 Å². The number of carbonyl (C=O) groups excluding carboxylic acids is 1. The highest BCUT2D eigenvalue weighted by atomic mass is 32.1. The Morgan fingerprint density at radius 1 is 0.906 bits per heavy atom. The van der Waals surface area contributed by atoms with Gasteiger partial charge in [0, 0.05) is 31.7 Å². The maximum atomic E-state index is 13.1. The number of piperazine rings is 1. The van der Waals surface area contributed by atoms with Gasteiger partial charge in [0.25, 0.3) is 5.91 Å². The second-order valence-electron chi connectivity index (χ2n) is 8.15. The van der Waals surface area contributed by atoms with Crippen molar-refractivity contribution >= 4 is 32.6 Å². The first-order valence-electron chi connectivity index (χ1n) is 10.8. The van der Waals surface area contributed by atoms with Crippen LogP contribution in [-0.4, -0.2) is 42.0 Å². The number of hydrogen-bond acceptors (Lipinski definition) is 5. The molecule has 4 aromatic rings. The van der Waals surface area contributed by atoms with Crippen LogP contribution in [0, 0.1) is 13.8 Å². The first kappa shape index (κ1) is 20.5. The van der Waals surface area contributed by atoms with Crippen LogP contribution in [0.3, 0.4) is 0 Å². The standard InChI is InChI=1S/C26H25N3O2S/c1-18-15-19(2)24-23(16-18)27-26(32-24)29-13-11-28(12-14-29)25(30)20-7-6-10-22(17-20)31-21-8-4-3-5-9-21/h3-10,15-17H,11-14H2,1-2H3. The lowest BCUT2D eigenvalue weighted by molar-refractivity contribution is 0.0746. The van der Waals surface area contributed by atoms with Gasteiger partial charge in [0.2, 0.25) is 0 Å². The number of para-hydroxylation sites is 1. The van der Waals surface area contributed by atoms with Crippen LogP contribution in [-0.2, 0) is 0 Å². The van der Waals surface area contributed by atoms with Crippen molar-refractivity contribution in [3.05, 3.63) is 83.4 Å². The summed E-state index contributed by atoms with van der Waals surface area (Å²) in [6.07, 6.45) is 0. The molecule has 0 radical (unpaired) electrons. The summed E-state index contributed by atoms with van der Waals surface area (Å²) in [5.74, 6) is 1.46. The first-order valence-corrected chi connectivity index (χ1v) is 11.6. The number of ether oxygens (including phenoxy) is 1. The van der Waals surface area contributed by atoms with Crippen molar-refractivity contribution in [2.24, 2.45) is 0 Å². The number of amides is 1. The molecule has 1 fully saturated rings. The van der Waals surface area contributed by atoms with E-state index in [1.807, 2.05) is 59.5 Å². The van der Waals surface area contributed by atoms with E-state index in [1.54, 1.807) is 11.3 Å². The Balaban J connectivity index is 1.26. The smallest absolute Gasteiger partial charge is 0.254 e. The fraction of sp³-hybridized carbons (Fsp3) is 0.231. The summed E-state index contributed by atoms with van der Waals surface area (Å²) < 4.78 is 7.14. The number of aromatic nitrogens is 1. The van der Waals surface area contributed by atoms with E-state index in [0.29, 0.717) is 24.4 Å². The van der Waals surface area contributed by atoms with Crippen molar-refractivity contribution in [2.75, 3.05) is 31.1 Å². The number of benzene rings is 3. The summed E-state index contributed by atoms with van der Waals surface area (Å²) in [5, 5.41) is 1.04. The SMILES string of the molecule is Cc1cc(C)c2sc(N3CCN(C(=O)c4cccc(Oc5ccccc5)c4)CC3)nc2c1. The van der Waals surface area contributed by atoms with Crippen molar-refractivity contribution < 1.29 is 9.53 Å². The predicted octanol–water partition coefficient (Wildman–Crippen LogP) is 5.67. The number of aryl methyl sites for hydroxylation is 2. The zero-order valence-electron chi connectivity index (χ0n) is 18.2. The van der Waals surface area contributed by atoms with E-state index in [4.69, 9.17) is 9.72 Å². The van der Waals surface area contributed by atoms with Crippen LogP contribution >= 0.6 is 11.3 Å². The van der Waals surface area contributed by atoms with Gasteiger partial charge >= 0.3 is 0 Å². The average molecular weight is 444 g/mol. The minimum Gasteiger partial charge on any atom is -0.457 e. The van der Waals surface area contributed by atoms with Crippen molar-refractivity contribution in [2.45, 2.75) is 13.8 Å². The number of carbonyl (C=O) groups is 1. The van der Waals surface area contributed by atoms with E-state index in [0.717, 1.165) is 29.5 Å². The maximum absolute atomic E-state index is 13.1. The average Bonchev–Trinajstić information content (AvgIpc) is 3.24. The van der Waals surface area contributed by atoms with Gasteiger partial charge in [-0.3, -0.25) is 4.79 Å². The van der Waals surface area contributed by atoms with Gasteiger partial charge < -0.3 is 14.5 Å². The molecule has 162 valence electrons. The molecule has 0 aliphatic carbocycles. The molecule has 1 aliphatic rings. The van der Waals surface area contributed by atoms with Gasteiger partial charge in [0.05, 0.1) is 10.2 Å². The first-order chi connectivity index (χ1) is 15.6. The van der Waals surface area contributed by atoms with Crippen molar-refractivity contribution in [3.63, 3.8) is 0 Å². The zero-order valence-corrected chi connectivity index (χ0v) is 19.1. The van der Waals surface area contributed by atoms with Crippen molar-refractivity contribution in [1.29, 1.82) is 0 Å². The van der Waals surface area contributed by atoms with Crippen LogP contribution in [0.4, 0.5) is 5.13 Å². The van der Waals surface area contributed by atoms with E-state index < -0.39 is 0 Å².